The second-order valence-corrected chi connectivity index (χ2v) is 2.97. The van der Waals surface area contributed by atoms with Crippen LogP contribution in [0.1, 0.15) is 27.2 Å². The number of hydrogen-bond acceptors (Lipinski definition) is 2. The van der Waals surface area contributed by atoms with E-state index < -0.39 is 0 Å². The van der Waals surface area contributed by atoms with Gasteiger partial charge in [-0.2, -0.15) is 0 Å². The molecule has 0 saturated carbocycles. The minimum atomic E-state index is 0.606. The zero-order valence-electron chi connectivity index (χ0n) is 7.80. The van der Waals surface area contributed by atoms with Crippen molar-refractivity contribution >= 4 is 0 Å². The highest BCUT2D eigenvalue weighted by Crippen LogP contribution is 1.93. The van der Waals surface area contributed by atoms with Crippen molar-refractivity contribution in [2.24, 2.45) is 5.92 Å². The van der Waals surface area contributed by atoms with E-state index in [0.717, 1.165) is 19.6 Å². The minimum absolute atomic E-state index is 0.606. The molecule has 0 aliphatic rings. The minimum Gasteiger partial charge on any atom is -0.378 e. The third kappa shape index (κ3) is 9.92. The van der Waals surface area contributed by atoms with Gasteiger partial charge >= 0.3 is 0 Å². The molecule has 0 spiro atoms. The molecule has 0 aliphatic carbocycles. The molecule has 2 heteroatoms. The van der Waals surface area contributed by atoms with E-state index >= 15 is 0 Å². The lowest BCUT2D eigenvalue weighted by Crippen LogP contribution is -2.05. The van der Waals surface area contributed by atoms with Crippen molar-refractivity contribution in [2.75, 3.05) is 19.8 Å². The Labute approximate surface area is 69.9 Å². The first kappa shape index (κ1) is 10.9. The lowest BCUT2D eigenvalue weighted by atomic mass is 10.2. The number of rotatable bonds is 7. The molecule has 0 aromatic rings. The van der Waals surface area contributed by atoms with Crippen molar-refractivity contribution in [3.05, 3.63) is 6.61 Å². The van der Waals surface area contributed by atoms with E-state index in [-0.39, 0.29) is 0 Å². The smallest absolute Gasteiger partial charge is 0.109 e. The average molecular weight is 159 g/mol. The highest BCUT2D eigenvalue weighted by molar-refractivity contribution is 4.48. The average Bonchev–Trinajstić information content (AvgIpc) is 1.96. The van der Waals surface area contributed by atoms with Crippen LogP contribution in [0.4, 0.5) is 0 Å². The summed E-state index contributed by atoms with van der Waals surface area (Å²) in [5.74, 6) is 0.606. The van der Waals surface area contributed by atoms with Gasteiger partial charge in [-0.25, -0.2) is 0 Å². The summed E-state index contributed by atoms with van der Waals surface area (Å²) in [5.41, 5.74) is 0. The molecule has 0 atom stereocenters. The fourth-order valence-corrected chi connectivity index (χ4v) is 0.601. The summed E-state index contributed by atoms with van der Waals surface area (Å²) >= 11 is 0. The quantitative estimate of drug-likeness (QED) is 0.530. The van der Waals surface area contributed by atoms with Gasteiger partial charge in [0.1, 0.15) is 6.61 Å². The summed E-state index contributed by atoms with van der Waals surface area (Å²) in [4.78, 5) is 0. The van der Waals surface area contributed by atoms with Crippen LogP contribution in [0.2, 0.25) is 0 Å². The maximum absolute atomic E-state index is 5.26. The van der Waals surface area contributed by atoms with Crippen LogP contribution in [0.25, 0.3) is 0 Å². The Bertz CT molecular complexity index is 72.0. The predicted molar refractivity (Wildman–Crippen MR) is 46.2 cm³/mol. The van der Waals surface area contributed by atoms with Gasteiger partial charge in [-0.1, -0.05) is 20.8 Å². The summed E-state index contributed by atoms with van der Waals surface area (Å²) in [6, 6.07) is 0. The van der Waals surface area contributed by atoms with Crippen molar-refractivity contribution in [1.82, 2.24) is 0 Å². The molecule has 2 nitrogen and oxygen atoms in total. The van der Waals surface area contributed by atoms with Crippen LogP contribution < -0.4 is 0 Å². The summed E-state index contributed by atoms with van der Waals surface area (Å²) < 4.78 is 10.4. The monoisotopic (exact) mass is 159 g/mol. The normalized spacial score (nSPS) is 10.9. The van der Waals surface area contributed by atoms with E-state index in [0.29, 0.717) is 12.5 Å². The first-order valence-corrected chi connectivity index (χ1v) is 4.28. The van der Waals surface area contributed by atoms with Crippen LogP contribution in [-0.4, -0.2) is 19.8 Å². The number of ether oxygens (including phenoxy) is 2. The molecule has 0 bridgehead atoms. The summed E-state index contributed by atoms with van der Waals surface area (Å²) in [6.45, 7) is 10.3. The molecule has 0 unspecified atom stereocenters. The first-order valence-electron chi connectivity index (χ1n) is 4.28. The Morgan fingerprint density at radius 3 is 2.64 bits per heavy atom. The molecule has 0 aromatic heterocycles. The standard InChI is InChI=1S/C9H19O2/c1-4-5-10-6-7-11-8-9(2)3/h6,9H,4-5,7-8H2,1-3H3. The molecule has 1 radical (unpaired) electrons. The van der Waals surface area contributed by atoms with Gasteiger partial charge in [0.2, 0.25) is 0 Å². The van der Waals surface area contributed by atoms with Crippen molar-refractivity contribution in [1.29, 1.82) is 0 Å². The lowest BCUT2D eigenvalue weighted by molar-refractivity contribution is 0.0761. The SMILES string of the molecule is CCCO[CH]COCC(C)C. The van der Waals surface area contributed by atoms with Crippen LogP contribution in [0, 0.1) is 12.5 Å². The second-order valence-electron chi connectivity index (χ2n) is 2.97. The first-order chi connectivity index (χ1) is 5.27. The molecular weight excluding hydrogens is 140 g/mol. The zero-order valence-corrected chi connectivity index (χ0v) is 7.80. The molecule has 0 aromatic carbocycles. The Kier molecular flexibility index (Phi) is 7.96. The maximum Gasteiger partial charge on any atom is 0.109 e. The van der Waals surface area contributed by atoms with Gasteiger partial charge in [-0.3, -0.25) is 0 Å². The molecule has 0 amide bonds. The lowest BCUT2D eigenvalue weighted by Gasteiger charge is -2.05. The van der Waals surface area contributed by atoms with E-state index in [1.165, 1.54) is 0 Å². The van der Waals surface area contributed by atoms with Crippen molar-refractivity contribution < 1.29 is 9.47 Å². The van der Waals surface area contributed by atoms with Crippen molar-refractivity contribution in [2.45, 2.75) is 27.2 Å². The molecule has 0 fully saturated rings. The molecule has 0 N–H and O–H groups in total. The van der Waals surface area contributed by atoms with E-state index in [1.807, 2.05) is 0 Å². The van der Waals surface area contributed by atoms with Crippen molar-refractivity contribution in [3.8, 4) is 0 Å². The van der Waals surface area contributed by atoms with Crippen LogP contribution >= 0.6 is 0 Å². The summed E-state index contributed by atoms with van der Waals surface area (Å²) in [7, 11) is 0. The molecule has 11 heavy (non-hydrogen) atoms. The predicted octanol–water partition coefficient (Wildman–Crippen LogP) is 2.25. The van der Waals surface area contributed by atoms with E-state index in [1.54, 1.807) is 6.61 Å². The van der Waals surface area contributed by atoms with Crippen molar-refractivity contribution in [3.63, 3.8) is 0 Å². The molecule has 0 heterocycles. The van der Waals surface area contributed by atoms with Gasteiger partial charge in [-0.05, 0) is 12.3 Å². The summed E-state index contributed by atoms with van der Waals surface area (Å²) in [6.07, 6.45) is 1.06. The Hall–Kier alpha value is -0.0800. The molecular formula is C9H19O2. The van der Waals surface area contributed by atoms with E-state index in [4.69, 9.17) is 9.47 Å². The number of hydrogen-bond donors (Lipinski definition) is 0. The van der Waals surface area contributed by atoms with Crippen LogP contribution in [0.15, 0.2) is 0 Å². The van der Waals surface area contributed by atoms with E-state index in [9.17, 15) is 0 Å². The van der Waals surface area contributed by atoms with Gasteiger partial charge in [0.15, 0.2) is 0 Å². The fraction of sp³-hybridized carbons (Fsp3) is 0.889. The second kappa shape index (κ2) is 8.02. The summed E-state index contributed by atoms with van der Waals surface area (Å²) in [5, 5.41) is 0. The van der Waals surface area contributed by atoms with Gasteiger partial charge in [0.05, 0.1) is 6.61 Å². The highest BCUT2D eigenvalue weighted by Gasteiger charge is 1.93. The van der Waals surface area contributed by atoms with E-state index in [2.05, 4.69) is 20.8 Å². The fourth-order valence-electron chi connectivity index (χ4n) is 0.601. The van der Waals surface area contributed by atoms with Gasteiger partial charge in [0, 0.05) is 13.2 Å². The van der Waals surface area contributed by atoms with Gasteiger partial charge in [-0.15, -0.1) is 0 Å². The zero-order chi connectivity index (χ0) is 8.53. The van der Waals surface area contributed by atoms with Crippen LogP contribution in [0.3, 0.4) is 0 Å². The third-order valence-corrected chi connectivity index (χ3v) is 1.08. The molecule has 0 aliphatic heterocycles. The van der Waals surface area contributed by atoms with Gasteiger partial charge < -0.3 is 9.47 Å². The Balaban J connectivity index is 2.80. The van der Waals surface area contributed by atoms with Gasteiger partial charge in [0.25, 0.3) is 0 Å². The molecule has 0 saturated heterocycles. The van der Waals surface area contributed by atoms with Crippen LogP contribution in [0.5, 0.6) is 0 Å². The topological polar surface area (TPSA) is 18.5 Å². The van der Waals surface area contributed by atoms with Crippen LogP contribution in [-0.2, 0) is 9.47 Å². The largest absolute Gasteiger partial charge is 0.378 e. The Morgan fingerprint density at radius 1 is 1.36 bits per heavy atom. The molecule has 67 valence electrons. The highest BCUT2D eigenvalue weighted by atomic mass is 16.5. The Morgan fingerprint density at radius 2 is 2.09 bits per heavy atom. The molecule has 0 rings (SSSR count). The maximum atomic E-state index is 5.26. The third-order valence-electron chi connectivity index (χ3n) is 1.08.